The molecule has 0 atom stereocenters. The normalized spacial score (nSPS) is 10.4. The topological polar surface area (TPSA) is 45.8 Å². The Bertz CT molecular complexity index is 736. The second-order valence-electron chi connectivity index (χ2n) is 4.38. The van der Waals surface area contributed by atoms with Crippen molar-refractivity contribution in [2.45, 2.75) is 0 Å². The van der Waals surface area contributed by atoms with Crippen LogP contribution in [-0.4, -0.2) is 16.0 Å². The summed E-state index contributed by atoms with van der Waals surface area (Å²) in [4.78, 5) is 12.3. The van der Waals surface area contributed by atoms with Gasteiger partial charge in [-0.05, 0) is 17.7 Å². The summed E-state index contributed by atoms with van der Waals surface area (Å²) >= 11 is 0. The number of nitrogens with zero attached hydrogens (tertiary/aromatic N) is 1. The third kappa shape index (κ3) is 2.23. The van der Waals surface area contributed by atoms with E-state index >= 15 is 0 Å². The zero-order valence-corrected chi connectivity index (χ0v) is 10.5. The number of benzene rings is 2. The van der Waals surface area contributed by atoms with E-state index < -0.39 is 5.82 Å². The molecule has 3 rings (SSSR count). The molecule has 2 aromatic carbocycles. The lowest BCUT2D eigenvalue weighted by Crippen LogP contribution is -2.04. The molecule has 3 aromatic rings. The largest absolute Gasteiger partial charge is 0.288 e. The number of carbonyl (C=O) groups excluding carboxylic acids is 1. The Balaban J connectivity index is 2.05. The Morgan fingerprint density at radius 3 is 2.55 bits per heavy atom. The lowest BCUT2D eigenvalue weighted by molar-refractivity contribution is 0.103. The van der Waals surface area contributed by atoms with Gasteiger partial charge in [-0.3, -0.25) is 9.89 Å². The number of H-pyrrole nitrogens is 1. The number of aromatic amines is 1. The van der Waals surface area contributed by atoms with Crippen molar-refractivity contribution in [1.29, 1.82) is 0 Å². The Kier molecular flexibility index (Phi) is 3.13. The smallest absolute Gasteiger partial charge is 0.195 e. The van der Waals surface area contributed by atoms with Crippen molar-refractivity contribution in [3.63, 3.8) is 0 Å². The Morgan fingerprint density at radius 1 is 1.05 bits per heavy atom. The first-order valence-electron chi connectivity index (χ1n) is 6.14. The Labute approximate surface area is 115 Å². The first kappa shape index (κ1) is 12.3. The molecule has 1 N–H and O–H groups in total. The minimum Gasteiger partial charge on any atom is -0.288 e. The van der Waals surface area contributed by atoms with Crippen LogP contribution in [0.25, 0.3) is 11.1 Å². The van der Waals surface area contributed by atoms with E-state index in [0.29, 0.717) is 5.56 Å². The van der Waals surface area contributed by atoms with Gasteiger partial charge in [0.25, 0.3) is 0 Å². The highest BCUT2D eigenvalue weighted by Gasteiger charge is 2.15. The highest BCUT2D eigenvalue weighted by Crippen LogP contribution is 2.22. The zero-order chi connectivity index (χ0) is 13.9. The Hall–Kier alpha value is -2.75. The third-order valence-corrected chi connectivity index (χ3v) is 3.08. The van der Waals surface area contributed by atoms with Crippen LogP contribution in [-0.2, 0) is 0 Å². The molecule has 1 aromatic heterocycles. The molecular formula is C16H11FN2O. The van der Waals surface area contributed by atoms with Crippen LogP contribution in [0.3, 0.4) is 0 Å². The predicted molar refractivity (Wildman–Crippen MR) is 73.9 cm³/mol. The molecule has 0 radical (unpaired) electrons. The summed E-state index contributed by atoms with van der Waals surface area (Å²) in [6, 6.07) is 13.2. The zero-order valence-electron chi connectivity index (χ0n) is 10.5. The number of ketones is 1. The van der Waals surface area contributed by atoms with E-state index in [2.05, 4.69) is 10.2 Å². The quantitative estimate of drug-likeness (QED) is 0.738. The standard InChI is InChI=1S/C16H11FN2O/c17-15-7-6-12(13-9-18-19-10-13)8-14(15)16(20)11-4-2-1-3-5-11/h1-10H,(H,18,19). The van der Waals surface area contributed by atoms with Gasteiger partial charge in [0.05, 0.1) is 11.8 Å². The van der Waals surface area contributed by atoms with Crippen molar-refractivity contribution in [3.05, 3.63) is 77.9 Å². The molecule has 1 heterocycles. The van der Waals surface area contributed by atoms with Gasteiger partial charge in [-0.25, -0.2) is 4.39 Å². The lowest BCUT2D eigenvalue weighted by Gasteiger charge is -2.05. The SMILES string of the molecule is O=C(c1ccccc1)c1cc(-c2cn[nH]c2)ccc1F. The molecule has 0 aliphatic carbocycles. The molecule has 0 aliphatic rings. The molecule has 0 fully saturated rings. The van der Waals surface area contributed by atoms with E-state index in [1.165, 1.54) is 6.07 Å². The van der Waals surface area contributed by atoms with Crippen LogP contribution >= 0.6 is 0 Å². The predicted octanol–water partition coefficient (Wildman–Crippen LogP) is 3.45. The second kappa shape index (κ2) is 5.09. The molecule has 0 saturated carbocycles. The number of rotatable bonds is 3. The maximum atomic E-state index is 13.9. The minimum absolute atomic E-state index is 0.0647. The van der Waals surface area contributed by atoms with Crippen LogP contribution in [0, 0.1) is 5.82 Å². The summed E-state index contributed by atoms with van der Waals surface area (Å²) in [5.74, 6) is -0.848. The summed E-state index contributed by atoms with van der Waals surface area (Å²) < 4.78 is 13.9. The van der Waals surface area contributed by atoms with E-state index in [9.17, 15) is 9.18 Å². The van der Waals surface area contributed by atoms with Crippen molar-refractivity contribution in [2.75, 3.05) is 0 Å². The third-order valence-electron chi connectivity index (χ3n) is 3.08. The van der Waals surface area contributed by atoms with Crippen LogP contribution in [0.4, 0.5) is 4.39 Å². The molecule has 0 unspecified atom stereocenters. The number of nitrogens with one attached hydrogen (secondary N) is 1. The summed E-state index contributed by atoms with van der Waals surface area (Å²) in [5, 5.41) is 6.54. The molecule has 4 heteroatoms. The first-order chi connectivity index (χ1) is 9.75. The Morgan fingerprint density at radius 2 is 1.85 bits per heavy atom. The van der Waals surface area contributed by atoms with Crippen LogP contribution in [0.1, 0.15) is 15.9 Å². The van der Waals surface area contributed by atoms with E-state index in [4.69, 9.17) is 0 Å². The van der Waals surface area contributed by atoms with Gasteiger partial charge < -0.3 is 0 Å². The van der Waals surface area contributed by atoms with Gasteiger partial charge in [0.1, 0.15) is 5.82 Å². The fourth-order valence-electron chi connectivity index (χ4n) is 2.03. The van der Waals surface area contributed by atoms with Gasteiger partial charge >= 0.3 is 0 Å². The van der Waals surface area contributed by atoms with Crippen LogP contribution in [0.2, 0.25) is 0 Å². The van der Waals surface area contributed by atoms with Gasteiger partial charge in [-0.1, -0.05) is 36.4 Å². The van der Waals surface area contributed by atoms with Gasteiger partial charge in [-0.15, -0.1) is 0 Å². The monoisotopic (exact) mass is 266 g/mol. The van der Waals surface area contributed by atoms with Gasteiger partial charge in [0.15, 0.2) is 5.78 Å². The average molecular weight is 266 g/mol. The first-order valence-corrected chi connectivity index (χ1v) is 6.14. The highest BCUT2D eigenvalue weighted by atomic mass is 19.1. The van der Waals surface area contributed by atoms with Gasteiger partial charge in [0.2, 0.25) is 0 Å². The molecule has 0 spiro atoms. The van der Waals surface area contributed by atoms with Gasteiger partial charge in [-0.2, -0.15) is 5.10 Å². The maximum Gasteiger partial charge on any atom is 0.195 e. The molecular weight excluding hydrogens is 255 g/mol. The summed E-state index contributed by atoms with van der Waals surface area (Å²) in [6.07, 6.45) is 3.33. The van der Waals surface area contributed by atoms with Crippen LogP contribution < -0.4 is 0 Å². The molecule has 20 heavy (non-hydrogen) atoms. The number of hydrogen-bond donors (Lipinski definition) is 1. The molecule has 0 amide bonds. The molecule has 3 nitrogen and oxygen atoms in total. The summed E-state index contributed by atoms with van der Waals surface area (Å²) in [5.41, 5.74) is 2.09. The number of aromatic nitrogens is 2. The van der Waals surface area contributed by atoms with E-state index in [1.807, 2.05) is 6.07 Å². The van der Waals surface area contributed by atoms with Crippen LogP contribution in [0.15, 0.2) is 60.9 Å². The number of hydrogen-bond acceptors (Lipinski definition) is 2. The van der Waals surface area contributed by atoms with E-state index in [1.54, 1.807) is 48.8 Å². The number of halogens is 1. The number of carbonyl (C=O) groups is 1. The van der Waals surface area contributed by atoms with E-state index in [0.717, 1.165) is 11.1 Å². The van der Waals surface area contributed by atoms with Crippen molar-refractivity contribution in [2.24, 2.45) is 0 Å². The van der Waals surface area contributed by atoms with E-state index in [-0.39, 0.29) is 11.3 Å². The van der Waals surface area contributed by atoms with Crippen LogP contribution in [0.5, 0.6) is 0 Å². The molecule has 0 bridgehead atoms. The average Bonchev–Trinajstić information content (AvgIpc) is 3.02. The molecule has 0 saturated heterocycles. The lowest BCUT2D eigenvalue weighted by atomic mass is 9.99. The fraction of sp³-hybridized carbons (Fsp3) is 0. The van der Waals surface area contributed by atoms with Crippen molar-refractivity contribution in [3.8, 4) is 11.1 Å². The highest BCUT2D eigenvalue weighted by molar-refractivity contribution is 6.09. The second-order valence-corrected chi connectivity index (χ2v) is 4.38. The van der Waals surface area contributed by atoms with Gasteiger partial charge in [0, 0.05) is 17.3 Å². The van der Waals surface area contributed by atoms with Crippen molar-refractivity contribution >= 4 is 5.78 Å². The van der Waals surface area contributed by atoms with Crippen molar-refractivity contribution < 1.29 is 9.18 Å². The fourth-order valence-corrected chi connectivity index (χ4v) is 2.03. The minimum atomic E-state index is -0.522. The molecule has 0 aliphatic heterocycles. The maximum absolute atomic E-state index is 13.9. The summed E-state index contributed by atoms with van der Waals surface area (Å²) in [7, 11) is 0. The summed E-state index contributed by atoms with van der Waals surface area (Å²) in [6.45, 7) is 0. The van der Waals surface area contributed by atoms with Crippen molar-refractivity contribution in [1.82, 2.24) is 10.2 Å². The molecule has 98 valence electrons.